The van der Waals surface area contributed by atoms with E-state index in [4.69, 9.17) is 0 Å². The molecule has 0 aromatic heterocycles. The van der Waals surface area contributed by atoms with Crippen LogP contribution in [0, 0.1) is 11.8 Å². The van der Waals surface area contributed by atoms with Crippen LogP contribution in [-0.2, 0) is 0 Å². The zero-order chi connectivity index (χ0) is 8.39. The molecule has 2 radical (unpaired) electrons. The molecule has 0 unspecified atom stereocenters. The van der Waals surface area contributed by atoms with Gasteiger partial charge in [0, 0.05) is 0 Å². The van der Waals surface area contributed by atoms with E-state index in [1.807, 2.05) is 0 Å². The first-order valence-corrected chi connectivity index (χ1v) is 7.54. The molecule has 0 nitrogen and oxygen atoms in total. The molecule has 0 atom stereocenters. The summed E-state index contributed by atoms with van der Waals surface area (Å²) in [5, 5.41) is 0. The molecule has 0 aromatic carbocycles. The van der Waals surface area contributed by atoms with E-state index in [-0.39, 0.29) is 0 Å². The summed E-state index contributed by atoms with van der Waals surface area (Å²) in [4.78, 5) is 0. The van der Waals surface area contributed by atoms with Crippen LogP contribution in [0.25, 0.3) is 0 Å². The van der Waals surface area contributed by atoms with Crippen LogP contribution in [-0.4, -0.2) is 24.4 Å². The molecule has 0 N–H and O–H groups in total. The van der Waals surface area contributed by atoms with Crippen molar-refractivity contribution < 1.29 is 0 Å². The summed E-state index contributed by atoms with van der Waals surface area (Å²) in [6.07, 6.45) is 12.4. The number of hydrogen-bond donors (Lipinski definition) is 0. The van der Waals surface area contributed by atoms with Crippen LogP contribution in [0.4, 0.5) is 0 Å². The van der Waals surface area contributed by atoms with Gasteiger partial charge in [0.1, 0.15) is 0 Å². The van der Waals surface area contributed by atoms with Gasteiger partial charge in [-0.3, -0.25) is 0 Å². The van der Waals surface area contributed by atoms with Gasteiger partial charge in [-0.2, -0.15) is 0 Å². The fraction of sp³-hybridized carbons (Fsp3) is 1.00. The zero-order valence-corrected chi connectivity index (χ0v) is 11.3. The Hall–Kier alpha value is 0.870. The molecular formula is C11H19In. The first-order valence-electron chi connectivity index (χ1n) is 5.63. The second-order valence-corrected chi connectivity index (χ2v) is 6.86. The Morgan fingerprint density at radius 1 is 0.750 bits per heavy atom. The molecule has 66 valence electrons. The predicted octanol–water partition coefficient (Wildman–Crippen LogP) is 3.32. The third-order valence-electron chi connectivity index (χ3n) is 3.89. The van der Waals surface area contributed by atoms with Gasteiger partial charge in [0.25, 0.3) is 0 Å². The van der Waals surface area contributed by atoms with Gasteiger partial charge >= 0.3 is 91.3 Å². The Balaban J connectivity index is 1.84. The zero-order valence-electron chi connectivity index (χ0n) is 7.97. The molecule has 0 spiro atoms. The Morgan fingerprint density at radius 2 is 1.08 bits per heavy atom. The van der Waals surface area contributed by atoms with E-state index in [1.165, 1.54) is 29.4 Å². The van der Waals surface area contributed by atoms with Gasteiger partial charge in [-0.25, -0.2) is 0 Å². The Kier molecular flexibility index (Phi) is 3.45. The molecular weight excluding hydrogens is 247 g/mol. The minimum absolute atomic E-state index is 1.16. The van der Waals surface area contributed by atoms with Gasteiger partial charge in [0.05, 0.1) is 0 Å². The second kappa shape index (κ2) is 4.39. The van der Waals surface area contributed by atoms with Gasteiger partial charge in [-0.05, 0) is 0 Å². The van der Waals surface area contributed by atoms with Crippen molar-refractivity contribution in [2.75, 3.05) is 0 Å². The number of rotatable bonds is 2. The molecule has 0 bridgehead atoms. The molecule has 0 saturated heterocycles. The maximum absolute atomic E-state index is 1.57. The van der Waals surface area contributed by atoms with Crippen LogP contribution >= 0.6 is 0 Å². The molecule has 2 aliphatic rings. The molecule has 0 heterocycles. The summed E-state index contributed by atoms with van der Waals surface area (Å²) < 4.78 is 1.18. The van der Waals surface area contributed by atoms with E-state index in [0.29, 0.717) is 0 Å². The second-order valence-electron chi connectivity index (χ2n) is 4.67. The van der Waals surface area contributed by atoms with E-state index in [2.05, 4.69) is 0 Å². The summed E-state index contributed by atoms with van der Waals surface area (Å²) in [6.45, 7) is 0. The van der Waals surface area contributed by atoms with Gasteiger partial charge < -0.3 is 0 Å². The van der Waals surface area contributed by atoms with Crippen molar-refractivity contribution >= 4 is 24.4 Å². The van der Waals surface area contributed by atoms with E-state index in [0.717, 1.165) is 11.8 Å². The third-order valence-corrected chi connectivity index (χ3v) is 7.00. The normalized spacial score (nSPS) is 27.4. The first kappa shape index (κ1) is 9.43. The molecule has 0 amide bonds. The summed E-state index contributed by atoms with van der Waals surface area (Å²) in [7, 11) is 0. The van der Waals surface area contributed by atoms with Crippen LogP contribution in [0.1, 0.15) is 51.4 Å². The van der Waals surface area contributed by atoms with Crippen molar-refractivity contribution in [3.05, 3.63) is 0 Å². The van der Waals surface area contributed by atoms with Crippen molar-refractivity contribution in [1.29, 1.82) is 0 Å². The standard InChI is InChI=1S/C11H19.In/c1-2-6-10(5-1)9-11-7-3-4-8-11;/h9-11H,1-8H2;. The van der Waals surface area contributed by atoms with Gasteiger partial charge in [-0.15, -0.1) is 0 Å². The SMILES string of the molecule is [In][CH](C1CCCC1)C1CCCC1. The van der Waals surface area contributed by atoms with Crippen molar-refractivity contribution in [2.45, 2.75) is 55.0 Å². The number of hydrogen-bond acceptors (Lipinski definition) is 0. The van der Waals surface area contributed by atoms with Crippen molar-refractivity contribution in [2.24, 2.45) is 11.8 Å². The van der Waals surface area contributed by atoms with Crippen LogP contribution in [0.2, 0.25) is 3.67 Å². The molecule has 2 saturated carbocycles. The molecule has 2 rings (SSSR count). The minimum atomic E-state index is 1.16. The van der Waals surface area contributed by atoms with Crippen LogP contribution in [0.3, 0.4) is 0 Å². The molecule has 12 heavy (non-hydrogen) atoms. The maximum atomic E-state index is 1.57. The summed E-state index contributed by atoms with van der Waals surface area (Å²) >= 11 is 1.54. The van der Waals surface area contributed by atoms with E-state index >= 15 is 0 Å². The topological polar surface area (TPSA) is 0 Å². The molecule has 2 aliphatic carbocycles. The summed E-state index contributed by atoms with van der Waals surface area (Å²) in [5.41, 5.74) is 0. The van der Waals surface area contributed by atoms with Gasteiger partial charge in [0.15, 0.2) is 0 Å². The quantitative estimate of drug-likeness (QED) is 0.719. The molecule has 0 aromatic rings. The Bertz CT molecular complexity index is 116. The monoisotopic (exact) mass is 266 g/mol. The average molecular weight is 266 g/mol. The predicted molar refractivity (Wildman–Crippen MR) is 53.4 cm³/mol. The van der Waals surface area contributed by atoms with E-state index < -0.39 is 0 Å². The van der Waals surface area contributed by atoms with Crippen LogP contribution in [0.15, 0.2) is 0 Å². The summed E-state index contributed by atoms with van der Waals surface area (Å²) in [6, 6.07) is 0. The average Bonchev–Trinajstić information content (AvgIpc) is 2.77. The van der Waals surface area contributed by atoms with Crippen LogP contribution < -0.4 is 0 Å². The first-order chi connectivity index (χ1) is 5.88. The van der Waals surface area contributed by atoms with Crippen molar-refractivity contribution in [3.8, 4) is 0 Å². The van der Waals surface area contributed by atoms with Crippen molar-refractivity contribution in [3.63, 3.8) is 0 Å². The third kappa shape index (κ3) is 2.02. The Labute approximate surface area is 91.1 Å². The Morgan fingerprint density at radius 3 is 1.42 bits per heavy atom. The van der Waals surface area contributed by atoms with Gasteiger partial charge in [0.2, 0.25) is 0 Å². The fourth-order valence-electron chi connectivity index (χ4n) is 3.07. The molecule has 0 aliphatic heterocycles. The molecule has 2 fully saturated rings. The van der Waals surface area contributed by atoms with E-state index in [9.17, 15) is 0 Å². The van der Waals surface area contributed by atoms with Gasteiger partial charge in [-0.1, -0.05) is 0 Å². The summed E-state index contributed by atoms with van der Waals surface area (Å²) in [5.74, 6) is 2.32. The fourth-order valence-corrected chi connectivity index (χ4v) is 5.27. The van der Waals surface area contributed by atoms with Crippen molar-refractivity contribution in [1.82, 2.24) is 0 Å². The van der Waals surface area contributed by atoms with Crippen LogP contribution in [0.5, 0.6) is 0 Å². The van der Waals surface area contributed by atoms with E-state index in [1.54, 1.807) is 50.1 Å². The molecule has 1 heteroatoms.